The van der Waals surface area contributed by atoms with E-state index >= 15 is 0 Å². The first-order chi connectivity index (χ1) is 11.6. The van der Waals surface area contributed by atoms with E-state index in [1.165, 1.54) is 0 Å². The Balaban J connectivity index is 1.75. The lowest BCUT2D eigenvalue weighted by atomic mass is 9.91. The number of nitrogens with zero attached hydrogens (tertiary/aromatic N) is 4. The SMILES string of the molecule is Cn1cc(-c2nc(N[C@@H]3CCCC[C@@H]3N)c(F)c3c2C=NC3)cn1. The van der Waals surface area contributed by atoms with E-state index in [0.717, 1.165) is 36.8 Å². The summed E-state index contributed by atoms with van der Waals surface area (Å²) in [5.41, 5.74) is 9.11. The van der Waals surface area contributed by atoms with Gasteiger partial charge in [0.05, 0.1) is 18.4 Å². The van der Waals surface area contributed by atoms with Crippen molar-refractivity contribution in [3.8, 4) is 11.3 Å². The molecule has 0 radical (unpaired) electrons. The van der Waals surface area contributed by atoms with Crippen molar-refractivity contribution in [1.29, 1.82) is 0 Å². The molecule has 2 atom stereocenters. The Morgan fingerprint density at radius 1 is 1.33 bits per heavy atom. The van der Waals surface area contributed by atoms with Crippen LogP contribution in [0.15, 0.2) is 17.4 Å². The topological polar surface area (TPSA) is 81.1 Å². The second kappa shape index (κ2) is 5.98. The fraction of sp³-hybridized carbons (Fsp3) is 0.471. The number of nitrogens with one attached hydrogen (secondary N) is 1. The van der Waals surface area contributed by atoms with E-state index < -0.39 is 0 Å². The fourth-order valence-electron chi connectivity index (χ4n) is 3.52. The summed E-state index contributed by atoms with van der Waals surface area (Å²) in [4.78, 5) is 8.79. The molecule has 2 aromatic heterocycles. The molecule has 0 aromatic carbocycles. The zero-order chi connectivity index (χ0) is 16.7. The number of rotatable bonds is 3. The molecule has 7 heteroatoms. The minimum absolute atomic E-state index is 0.0336. The highest BCUT2D eigenvalue weighted by Gasteiger charge is 2.27. The van der Waals surface area contributed by atoms with Crippen molar-refractivity contribution >= 4 is 12.0 Å². The minimum atomic E-state index is -0.312. The number of hydrogen-bond donors (Lipinski definition) is 2. The second-order valence-corrected chi connectivity index (χ2v) is 6.59. The van der Waals surface area contributed by atoms with Crippen molar-refractivity contribution in [3.63, 3.8) is 0 Å². The Labute approximate surface area is 140 Å². The molecule has 3 heterocycles. The number of aliphatic imine (C=N–C) groups is 1. The van der Waals surface area contributed by atoms with Crippen molar-refractivity contribution in [2.24, 2.45) is 17.8 Å². The van der Waals surface area contributed by atoms with Gasteiger partial charge in [-0.3, -0.25) is 9.67 Å². The molecule has 6 nitrogen and oxygen atoms in total. The Kier molecular flexibility index (Phi) is 3.80. The first kappa shape index (κ1) is 15.3. The van der Waals surface area contributed by atoms with Crippen LogP contribution >= 0.6 is 0 Å². The largest absolute Gasteiger partial charge is 0.363 e. The molecule has 0 unspecified atom stereocenters. The number of anilines is 1. The summed E-state index contributed by atoms with van der Waals surface area (Å²) in [5.74, 6) is -0.0339. The molecular weight excluding hydrogens is 307 g/mol. The molecule has 0 spiro atoms. The standard InChI is InChI=1S/C17H21FN6/c1-24-9-10(6-21-24)16-12-8-20-7-11(12)15(18)17(23-16)22-14-5-3-2-4-13(14)19/h6,8-9,13-14H,2-5,7,19H2,1H3,(H,22,23)/t13-,14+/m0/s1. The summed E-state index contributed by atoms with van der Waals surface area (Å²) >= 11 is 0. The van der Waals surface area contributed by atoms with Crippen molar-refractivity contribution in [2.45, 2.75) is 44.3 Å². The van der Waals surface area contributed by atoms with E-state index in [0.29, 0.717) is 17.8 Å². The molecule has 126 valence electrons. The predicted octanol–water partition coefficient (Wildman–Crippen LogP) is 2.24. The van der Waals surface area contributed by atoms with Gasteiger partial charge in [-0.15, -0.1) is 0 Å². The Bertz CT molecular complexity index is 797. The van der Waals surface area contributed by atoms with Crippen LogP contribution in [0.25, 0.3) is 11.3 Å². The van der Waals surface area contributed by atoms with Gasteiger partial charge in [-0.1, -0.05) is 12.8 Å². The minimum Gasteiger partial charge on any atom is -0.363 e. The number of hydrogen-bond acceptors (Lipinski definition) is 5. The third kappa shape index (κ3) is 2.58. The van der Waals surface area contributed by atoms with Gasteiger partial charge in [-0.2, -0.15) is 5.10 Å². The summed E-state index contributed by atoms with van der Waals surface area (Å²) < 4.78 is 16.6. The van der Waals surface area contributed by atoms with Crippen LogP contribution in [-0.4, -0.2) is 33.1 Å². The molecule has 0 saturated heterocycles. The van der Waals surface area contributed by atoms with Crippen LogP contribution < -0.4 is 11.1 Å². The number of halogens is 1. The van der Waals surface area contributed by atoms with Gasteiger partial charge in [0.25, 0.3) is 0 Å². The van der Waals surface area contributed by atoms with Crippen LogP contribution in [0.4, 0.5) is 10.2 Å². The van der Waals surface area contributed by atoms with Gasteiger partial charge in [0.1, 0.15) is 0 Å². The van der Waals surface area contributed by atoms with Crippen LogP contribution in [0.2, 0.25) is 0 Å². The number of pyridine rings is 1. The average Bonchev–Trinajstić information content (AvgIpc) is 3.21. The summed E-state index contributed by atoms with van der Waals surface area (Å²) in [6.07, 6.45) is 9.46. The quantitative estimate of drug-likeness (QED) is 0.905. The molecule has 2 aliphatic rings. The zero-order valence-electron chi connectivity index (χ0n) is 13.7. The van der Waals surface area contributed by atoms with E-state index in [1.54, 1.807) is 17.1 Å². The van der Waals surface area contributed by atoms with E-state index in [9.17, 15) is 4.39 Å². The van der Waals surface area contributed by atoms with Gasteiger partial charge in [-0.25, -0.2) is 9.37 Å². The third-order valence-electron chi connectivity index (χ3n) is 4.87. The second-order valence-electron chi connectivity index (χ2n) is 6.59. The third-order valence-corrected chi connectivity index (χ3v) is 4.87. The van der Waals surface area contributed by atoms with Crippen LogP contribution in [0.3, 0.4) is 0 Å². The van der Waals surface area contributed by atoms with Crippen LogP contribution in [0.1, 0.15) is 36.8 Å². The summed E-state index contributed by atoms with van der Waals surface area (Å²) in [5, 5.41) is 7.45. The summed E-state index contributed by atoms with van der Waals surface area (Å²) in [7, 11) is 1.85. The van der Waals surface area contributed by atoms with Crippen molar-refractivity contribution < 1.29 is 4.39 Å². The van der Waals surface area contributed by atoms with Crippen LogP contribution in [0.5, 0.6) is 0 Å². The maximum Gasteiger partial charge on any atom is 0.171 e. The molecule has 24 heavy (non-hydrogen) atoms. The number of aryl methyl sites for hydroxylation is 1. The molecule has 2 aromatic rings. The molecule has 0 bridgehead atoms. The molecule has 1 aliphatic carbocycles. The van der Waals surface area contributed by atoms with Crippen molar-refractivity contribution in [3.05, 3.63) is 29.3 Å². The van der Waals surface area contributed by atoms with E-state index in [1.807, 2.05) is 13.2 Å². The summed E-state index contributed by atoms with van der Waals surface area (Å²) in [6, 6.07) is 0.0918. The molecular formula is C17H21FN6. The van der Waals surface area contributed by atoms with E-state index in [-0.39, 0.29) is 23.7 Å². The highest BCUT2D eigenvalue weighted by Crippen LogP contribution is 2.32. The first-order valence-corrected chi connectivity index (χ1v) is 8.37. The molecule has 4 rings (SSSR count). The lowest BCUT2D eigenvalue weighted by Gasteiger charge is -2.30. The average molecular weight is 328 g/mol. The predicted molar refractivity (Wildman–Crippen MR) is 91.5 cm³/mol. The maximum atomic E-state index is 14.9. The Morgan fingerprint density at radius 3 is 2.92 bits per heavy atom. The fourth-order valence-corrected chi connectivity index (χ4v) is 3.52. The van der Waals surface area contributed by atoms with Crippen LogP contribution in [0, 0.1) is 5.82 Å². The van der Waals surface area contributed by atoms with Gasteiger partial charge >= 0.3 is 0 Å². The lowest BCUT2D eigenvalue weighted by Crippen LogP contribution is -2.43. The lowest BCUT2D eigenvalue weighted by molar-refractivity contribution is 0.402. The highest BCUT2D eigenvalue weighted by molar-refractivity contribution is 5.93. The molecule has 1 saturated carbocycles. The summed E-state index contributed by atoms with van der Waals surface area (Å²) in [6.45, 7) is 0.350. The molecule has 0 amide bonds. The first-order valence-electron chi connectivity index (χ1n) is 8.37. The van der Waals surface area contributed by atoms with Gasteiger partial charge in [0.2, 0.25) is 0 Å². The Hall–Kier alpha value is -2.28. The smallest absolute Gasteiger partial charge is 0.171 e. The zero-order valence-corrected chi connectivity index (χ0v) is 13.7. The van der Waals surface area contributed by atoms with Gasteiger partial charge in [-0.05, 0) is 12.8 Å². The monoisotopic (exact) mass is 328 g/mol. The Morgan fingerprint density at radius 2 is 2.17 bits per heavy atom. The van der Waals surface area contributed by atoms with Crippen molar-refractivity contribution in [2.75, 3.05) is 5.32 Å². The molecule has 1 aliphatic heterocycles. The van der Waals surface area contributed by atoms with E-state index in [2.05, 4.69) is 20.4 Å². The number of aromatic nitrogens is 3. The van der Waals surface area contributed by atoms with Gasteiger partial charge in [0, 0.05) is 48.2 Å². The molecule has 3 N–H and O–H groups in total. The van der Waals surface area contributed by atoms with Gasteiger partial charge in [0.15, 0.2) is 11.6 Å². The van der Waals surface area contributed by atoms with Crippen LogP contribution in [-0.2, 0) is 13.6 Å². The normalized spacial score (nSPS) is 22.6. The maximum absolute atomic E-state index is 14.9. The van der Waals surface area contributed by atoms with Gasteiger partial charge < -0.3 is 11.1 Å². The van der Waals surface area contributed by atoms with Crippen molar-refractivity contribution in [1.82, 2.24) is 14.8 Å². The van der Waals surface area contributed by atoms with E-state index in [4.69, 9.17) is 5.73 Å². The molecule has 1 fully saturated rings. The number of nitrogens with two attached hydrogens (primary N) is 1. The number of fused-ring (bicyclic) bond motifs is 1. The highest BCUT2D eigenvalue weighted by atomic mass is 19.1.